The van der Waals surface area contributed by atoms with Gasteiger partial charge in [-0.15, -0.1) is 0 Å². The Bertz CT molecular complexity index is 525. The van der Waals surface area contributed by atoms with Gasteiger partial charge in [0.2, 0.25) is 0 Å². The SMILES string of the molecule is N#CCc1c[nH]c2ccc(F)c(O)c12. The summed E-state index contributed by atoms with van der Waals surface area (Å²) in [5.74, 6) is -1.06. The largest absolute Gasteiger partial charge is 0.504 e. The third-order valence-electron chi connectivity index (χ3n) is 2.12. The van der Waals surface area contributed by atoms with Crippen molar-refractivity contribution in [2.24, 2.45) is 0 Å². The lowest BCUT2D eigenvalue weighted by molar-refractivity contribution is 0.438. The minimum absolute atomic E-state index is 0.150. The van der Waals surface area contributed by atoms with Crippen molar-refractivity contribution in [2.45, 2.75) is 6.42 Å². The number of nitriles is 1. The number of nitrogens with one attached hydrogen (secondary N) is 1. The maximum absolute atomic E-state index is 13.0. The van der Waals surface area contributed by atoms with Crippen LogP contribution in [0.4, 0.5) is 4.39 Å². The van der Waals surface area contributed by atoms with Gasteiger partial charge in [0, 0.05) is 17.1 Å². The third kappa shape index (κ3) is 1.11. The standard InChI is InChI=1S/C10H7FN2O/c11-7-1-2-8-9(10(7)14)6(3-4-12)5-13-8/h1-2,5,13-14H,3H2. The van der Waals surface area contributed by atoms with Gasteiger partial charge in [0.15, 0.2) is 11.6 Å². The predicted octanol–water partition coefficient (Wildman–Crippen LogP) is 2.08. The molecule has 0 aliphatic heterocycles. The predicted molar refractivity (Wildman–Crippen MR) is 49.2 cm³/mol. The molecule has 0 aliphatic carbocycles. The molecule has 2 rings (SSSR count). The van der Waals surface area contributed by atoms with E-state index >= 15 is 0 Å². The van der Waals surface area contributed by atoms with Gasteiger partial charge in [0.05, 0.1) is 12.5 Å². The molecule has 1 aromatic carbocycles. The molecule has 0 fully saturated rings. The summed E-state index contributed by atoms with van der Waals surface area (Å²) < 4.78 is 13.0. The second-order valence-corrected chi connectivity index (χ2v) is 2.97. The highest BCUT2D eigenvalue weighted by Crippen LogP contribution is 2.30. The Morgan fingerprint density at radius 2 is 2.29 bits per heavy atom. The molecule has 14 heavy (non-hydrogen) atoms. The second-order valence-electron chi connectivity index (χ2n) is 2.97. The van der Waals surface area contributed by atoms with Crippen LogP contribution >= 0.6 is 0 Å². The summed E-state index contributed by atoms with van der Waals surface area (Å²) in [7, 11) is 0. The number of hydrogen-bond acceptors (Lipinski definition) is 2. The van der Waals surface area contributed by atoms with E-state index in [1.54, 1.807) is 6.20 Å². The van der Waals surface area contributed by atoms with Crippen LogP contribution in [0.25, 0.3) is 10.9 Å². The normalized spacial score (nSPS) is 10.3. The fourth-order valence-electron chi connectivity index (χ4n) is 1.47. The number of hydrogen-bond donors (Lipinski definition) is 2. The first-order valence-electron chi connectivity index (χ1n) is 4.08. The molecule has 0 atom stereocenters. The van der Waals surface area contributed by atoms with E-state index in [9.17, 15) is 9.50 Å². The molecule has 70 valence electrons. The average molecular weight is 190 g/mol. The number of H-pyrrole nitrogens is 1. The van der Waals surface area contributed by atoms with E-state index in [1.165, 1.54) is 12.1 Å². The first-order chi connectivity index (χ1) is 6.74. The van der Waals surface area contributed by atoms with Crippen molar-refractivity contribution >= 4 is 10.9 Å². The first-order valence-corrected chi connectivity index (χ1v) is 4.08. The second kappa shape index (κ2) is 3.04. The minimum atomic E-state index is -0.670. The fourth-order valence-corrected chi connectivity index (χ4v) is 1.47. The molecule has 4 heteroatoms. The number of aromatic hydroxyl groups is 1. The number of aromatic nitrogens is 1. The molecule has 1 heterocycles. The molecular formula is C10H7FN2O. The summed E-state index contributed by atoms with van der Waals surface area (Å²) in [5.41, 5.74) is 1.24. The lowest BCUT2D eigenvalue weighted by atomic mass is 10.1. The molecule has 0 unspecified atom stereocenters. The summed E-state index contributed by atoms with van der Waals surface area (Å²) in [6, 6.07) is 4.67. The van der Waals surface area contributed by atoms with Crippen molar-refractivity contribution in [1.29, 1.82) is 5.26 Å². The summed E-state index contributed by atoms with van der Waals surface area (Å²) in [5, 5.41) is 18.4. The summed E-state index contributed by atoms with van der Waals surface area (Å²) >= 11 is 0. The van der Waals surface area contributed by atoms with Gasteiger partial charge in [0.25, 0.3) is 0 Å². The van der Waals surface area contributed by atoms with Crippen LogP contribution in [0.1, 0.15) is 5.56 Å². The van der Waals surface area contributed by atoms with E-state index in [0.29, 0.717) is 16.5 Å². The van der Waals surface area contributed by atoms with Gasteiger partial charge >= 0.3 is 0 Å². The van der Waals surface area contributed by atoms with E-state index < -0.39 is 11.6 Å². The van der Waals surface area contributed by atoms with Crippen molar-refractivity contribution in [2.75, 3.05) is 0 Å². The highest BCUT2D eigenvalue weighted by Gasteiger charge is 2.11. The Balaban J connectivity index is 2.77. The van der Waals surface area contributed by atoms with E-state index in [2.05, 4.69) is 4.98 Å². The molecule has 0 radical (unpaired) electrons. The van der Waals surface area contributed by atoms with Crippen LogP contribution in [0.2, 0.25) is 0 Å². The summed E-state index contributed by atoms with van der Waals surface area (Å²) in [4.78, 5) is 2.86. The van der Waals surface area contributed by atoms with Crippen molar-refractivity contribution in [3.8, 4) is 11.8 Å². The van der Waals surface area contributed by atoms with Gasteiger partial charge in [-0.1, -0.05) is 0 Å². The lowest BCUT2D eigenvalue weighted by Crippen LogP contribution is -1.81. The summed E-state index contributed by atoms with van der Waals surface area (Å²) in [6.07, 6.45) is 1.75. The number of rotatable bonds is 1. The van der Waals surface area contributed by atoms with Crippen LogP contribution < -0.4 is 0 Å². The number of fused-ring (bicyclic) bond motifs is 1. The average Bonchev–Trinajstić information content (AvgIpc) is 2.57. The van der Waals surface area contributed by atoms with Crippen LogP contribution in [-0.2, 0) is 6.42 Å². The zero-order valence-electron chi connectivity index (χ0n) is 7.21. The molecule has 2 N–H and O–H groups in total. The van der Waals surface area contributed by atoms with E-state index in [-0.39, 0.29) is 6.42 Å². The highest BCUT2D eigenvalue weighted by atomic mass is 19.1. The Hall–Kier alpha value is -2.02. The Labute approximate surface area is 79.4 Å². The number of aromatic amines is 1. The quantitative estimate of drug-likeness (QED) is 0.723. The number of halogens is 1. The molecule has 2 aromatic rings. The van der Waals surface area contributed by atoms with Crippen molar-refractivity contribution in [3.05, 3.63) is 29.7 Å². The zero-order chi connectivity index (χ0) is 10.1. The van der Waals surface area contributed by atoms with E-state index in [1.807, 2.05) is 6.07 Å². The van der Waals surface area contributed by atoms with Gasteiger partial charge in [-0.2, -0.15) is 5.26 Å². The van der Waals surface area contributed by atoms with Crippen LogP contribution in [-0.4, -0.2) is 10.1 Å². The van der Waals surface area contributed by atoms with Crippen LogP contribution in [0.5, 0.6) is 5.75 Å². The minimum Gasteiger partial charge on any atom is -0.504 e. The fraction of sp³-hybridized carbons (Fsp3) is 0.100. The third-order valence-corrected chi connectivity index (χ3v) is 2.12. The molecule has 0 bridgehead atoms. The maximum Gasteiger partial charge on any atom is 0.165 e. The van der Waals surface area contributed by atoms with Crippen molar-refractivity contribution in [1.82, 2.24) is 4.98 Å². The van der Waals surface area contributed by atoms with Gasteiger partial charge in [-0.25, -0.2) is 4.39 Å². The van der Waals surface area contributed by atoms with Crippen molar-refractivity contribution in [3.63, 3.8) is 0 Å². The molecule has 0 spiro atoms. The van der Waals surface area contributed by atoms with E-state index in [4.69, 9.17) is 5.26 Å². The van der Waals surface area contributed by atoms with Crippen LogP contribution in [0, 0.1) is 17.1 Å². The summed E-state index contributed by atoms with van der Waals surface area (Å²) in [6.45, 7) is 0. The van der Waals surface area contributed by atoms with E-state index in [0.717, 1.165) is 0 Å². The smallest absolute Gasteiger partial charge is 0.165 e. The Morgan fingerprint density at radius 3 is 3.00 bits per heavy atom. The van der Waals surface area contributed by atoms with Gasteiger partial charge in [-0.3, -0.25) is 0 Å². The number of phenols is 1. The maximum atomic E-state index is 13.0. The molecule has 0 saturated carbocycles. The topological polar surface area (TPSA) is 59.8 Å². The molecule has 1 aromatic heterocycles. The van der Waals surface area contributed by atoms with Crippen LogP contribution in [0.15, 0.2) is 18.3 Å². The molecule has 0 saturated heterocycles. The first kappa shape index (κ1) is 8.57. The molecule has 0 amide bonds. The number of nitrogens with zero attached hydrogens (tertiary/aromatic N) is 1. The Kier molecular flexibility index (Phi) is 1.86. The lowest BCUT2D eigenvalue weighted by Gasteiger charge is -1.98. The Morgan fingerprint density at radius 1 is 1.50 bits per heavy atom. The number of benzene rings is 1. The molecule has 0 aliphatic rings. The van der Waals surface area contributed by atoms with Crippen molar-refractivity contribution < 1.29 is 9.50 Å². The number of phenolic OH excluding ortho intramolecular Hbond substituents is 1. The highest BCUT2D eigenvalue weighted by molar-refractivity contribution is 5.89. The monoisotopic (exact) mass is 190 g/mol. The molecule has 3 nitrogen and oxygen atoms in total. The van der Waals surface area contributed by atoms with Gasteiger partial charge in [0.1, 0.15) is 0 Å². The van der Waals surface area contributed by atoms with Gasteiger partial charge in [-0.05, 0) is 17.7 Å². The molecular weight excluding hydrogens is 183 g/mol. The zero-order valence-corrected chi connectivity index (χ0v) is 7.21. The van der Waals surface area contributed by atoms with Gasteiger partial charge < -0.3 is 10.1 Å². The van der Waals surface area contributed by atoms with Crippen LogP contribution in [0.3, 0.4) is 0 Å².